The van der Waals surface area contributed by atoms with Crippen molar-refractivity contribution in [1.29, 1.82) is 0 Å². The van der Waals surface area contributed by atoms with Gasteiger partial charge in [0.2, 0.25) is 10.0 Å². The molecule has 0 aliphatic heterocycles. The molecule has 1 aromatic heterocycles. The summed E-state index contributed by atoms with van der Waals surface area (Å²) >= 11 is 4.77. The molecule has 1 unspecified atom stereocenters. The fraction of sp³-hybridized carbons (Fsp3) is 0.500. The highest BCUT2D eigenvalue weighted by atomic mass is 32.2. The van der Waals surface area contributed by atoms with Crippen molar-refractivity contribution in [3.63, 3.8) is 0 Å². The number of likely N-dealkylation sites (N-methyl/N-ethyl adjacent to an activating group) is 1. The Bertz CT molecular complexity index is 494. The average Bonchev–Trinajstić information content (AvgIpc) is 2.62. The highest BCUT2D eigenvalue weighted by Crippen LogP contribution is 2.18. The zero-order valence-electron chi connectivity index (χ0n) is 9.26. The van der Waals surface area contributed by atoms with Crippen molar-refractivity contribution in [2.45, 2.75) is 24.8 Å². The van der Waals surface area contributed by atoms with Crippen molar-refractivity contribution in [3.05, 3.63) is 11.9 Å². The predicted molar refractivity (Wildman–Crippen MR) is 64.5 cm³/mol. The quantitative estimate of drug-likeness (QED) is 0.746. The summed E-state index contributed by atoms with van der Waals surface area (Å²) in [6.07, 6.45) is 1.27. The van der Waals surface area contributed by atoms with Gasteiger partial charge in [-0.3, -0.25) is 5.10 Å². The van der Waals surface area contributed by atoms with Gasteiger partial charge >= 0.3 is 0 Å². The molecule has 0 aliphatic carbocycles. The normalized spacial score (nSPS) is 14.0. The number of aryl methyl sites for hydroxylation is 1. The topological polar surface area (TPSA) is 92.1 Å². The van der Waals surface area contributed by atoms with Crippen LogP contribution in [0.3, 0.4) is 0 Å². The molecule has 16 heavy (non-hydrogen) atoms. The molecular formula is C8H14N4O2S2. The fourth-order valence-corrected chi connectivity index (χ4v) is 2.83. The maximum atomic E-state index is 12.1. The zero-order chi connectivity index (χ0) is 12.5. The maximum Gasteiger partial charge on any atom is 0.246 e. The van der Waals surface area contributed by atoms with Gasteiger partial charge in [0.05, 0.1) is 22.9 Å². The van der Waals surface area contributed by atoms with Crippen LogP contribution in [0.2, 0.25) is 0 Å². The van der Waals surface area contributed by atoms with Crippen LogP contribution in [-0.2, 0) is 10.0 Å². The number of hydrogen-bond acceptors (Lipinski definition) is 4. The molecule has 1 rings (SSSR count). The Labute approximate surface area is 99.9 Å². The third kappa shape index (κ3) is 2.23. The molecule has 1 aromatic rings. The monoisotopic (exact) mass is 262 g/mol. The van der Waals surface area contributed by atoms with E-state index in [0.29, 0.717) is 5.69 Å². The summed E-state index contributed by atoms with van der Waals surface area (Å²) in [5, 5.41) is 6.26. The minimum Gasteiger partial charge on any atom is -0.392 e. The van der Waals surface area contributed by atoms with Gasteiger partial charge < -0.3 is 5.73 Å². The Morgan fingerprint density at radius 1 is 1.69 bits per heavy atom. The molecule has 8 heteroatoms. The van der Waals surface area contributed by atoms with Gasteiger partial charge in [0, 0.05) is 7.05 Å². The lowest BCUT2D eigenvalue weighted by Crippen LogP contribution is -2.42. The van der Waals surface area contributed by atoms with E-state index >= 15 is 0 Å². The summed E-state index contributed by atoms with van der Waals surface area (Å²) in [5.41, 5.74) is 5.91. The Balaban J connectivity index is 3.13. The van der Waals surface area contributed by atoms with E-state index in [1.165, 1.54) is 13.2 Å². The molecule has 0 bridgehead atoms. The van der Waals surface area contributed by atoms with Crippen LogP contribution >= 0.6 is 12.2 Å². The minimum absolute atomic E-state index is 0.132. The van der Waals surface area contributed by atoms with Gasteiger partial charge in [0.25, 0.3) is 0 Å². The van der Waals surface area contributed by atoms with E-state index in [9.17, 15) is 8.42 Å². The molecule has 0 radical (unpaired) electrons. The highest BCUT2D eigenvalue weighted by molar-refractivity contribution is 7.89. The molecule has 0 saturated heterocycles. The van der Waals surface area contributed by atoms with Crippen LogP contribution < -0.4 is 5.73 Å². The van der Waals surface area contributed by atoms with Crippen molar-refractivity contribution in [1.82, 2.24) is 14.5 Å². The van der Waals surface area contributed by atoms with Crippen LogP contribution in [0.15, 0.2) is 11.1 Å². The lowest BCUT2D eigenvalue weighted by molar-refractivity contribution is 0.451. The predicted octanol–water partition coefficient (Wildman–Crippen LogP) is 0.0132. The fourth-order valence-electron chi connectivity index (χ4n) is 1.14. The van der Waals surface area contributed by atoms with Gasteiger partial charge in [-0.05, 0) is 13.8 Å². The molecule has 3 N–H and O–H groups in total. The Morgan fingerprint density at radius 2 is 2.25 bits per heavy atom. The van der Waals surface area contributed by atoms with Crippen LogP contribution in [-0.4, -0.2) is 41.0 Å². The van der Waals surface area contributed by atoms with E-state index < -0.39 is 16.1 Å². The van der Waals surface area contributed by atoms with E-state index in [1.807, 2.05) is 0 Å². The van der Waals surface area contributed by atoms with Gasteiger partial charge in [0.1, 0.15) is 4.90 Å². The SMILES string of the molecule is Cc1[nH]ncc1S(=O)(=O)N(C)C(C)C(N)=S. The zero-order valence-corrected chi connectivity index (χ0v) is 10.9. The second-order valence-electron chi connectivity index (χ2n) is 3.46. The summed E-state index contributed by atoms with van der Waals surface area (Å²) in [4.78, 5) is 0.269. The van der Waals surface area contributed by atoms with Crippen molar-refractivity contribution in [2.75, 3.05) is 7.05 Å². The number of nitrogens with one attached hydrogen (secondary N) is 1. The van der Waals surface area contributed by atoms with Gasteiger partial charge in [0.15, 0.2) is 0 Å². The van der Waals surface area contributed by atoms with E-state index in [4.69, 9.17) is 18.0 Å². The number of nitrogens with zero attached hydrogens (tertiary/aromatic N) is 2. The molecule has 1 heterocycles. The number of aromatic nitrogens is 2. The van der Waals surface area contributed by atoms with Gasteiger partial charge in [-0.25, -0.2) is 8.42 Å². The molecule has 1 atom stereocenters. The number of hydrogen-bond donors (Lipinski definition) is 2. The third-order valence-electron chi connectivity index (χ3n) is 2.40. The molecule has 0 spiro atoms. The van der Waals surface area contributed by atoms with Crippen LogP contribution in [0.1, 0.15) is 12.6 Å². The molecule has 0 fully saturated rings. The lowest BCUT2D eigenvalue weighted by atomic mass is 10.3. The minimum atomic E-state index is -3.60. The number of rotatable bonds is 4. The van der Waals surface area contributed by atoms with Gasteiger partial charge in [-0.2, -0.15) is 9.40 Å². The molecule has 0 amide bonds. The van der Waals surface area contributed by atoms with E-state index in [2.05, 4.69) is 10.2 Å². The summed E-state index contributed by atoms with van der Waals surface area (Å²) in [7, 11) is -2.16. The standard InChI is InChI=1S/C8H14N4O2S2/c1-5-7(4-10-11-5)16(13,14)12(3)6(2)8(9)15/h4,6H,1-3H3,(H2,9,15)(H,10,11). The van der Waals surface area contributed by atoms with E-state index in [1.54, 1.807) is 13.8 Å². The number of nitrogens with two attached hydrogens (primary N) is 1. The lowest BCUT2D eigenvalue weighted by Gasteiger charge is -2.22. The number of H-pyrrole nitrogens is 1. The van der Waals surface area contributed by atoms with Crippen molar-refractivity contribution >= 4 is 27.2 Å². The first-order valence-electron chi connectivity index (χ1n) is 4.55. The maximum absolute atomic E-state index is 12.1. The van der Waals surface area contributed by atoms with Crippen molar-refractivity contribution < 1.29 is 8.42 Å². The van der Waals surface area contributed by atoms with Crippen LogP contribution in [0.5, 0.6) is 0 Å². The second-order valence-corrected chi connectivity index (χ2v) is 5.90. The van der Waals surface area contributed by atoms with Gasteiger partial charge in [-0.15, -0.1) is 0 Å². The summed E-state index contributed by atoms with van der Waals surface area (Å²) < 4.78 is 25.4. The first-order valence-corrected chi connectivity index (χ1v) is 6.40. The second kappa shape index (κ2) is 4.48. The third-order valence-corrected chi connectivity index (χ3v) is 4.78. The van der Waals surface area contributed by atoms with E-state index in [0.717, 1.165) is 4.31 Å². The van der Waals surface area contributed by atoms with E-state index in [-0.39, 0.29) is 9.88 Å². The molecule has 0 aliphatic rings. The molecule has 6 nitrogen and oxygen atoms in total. The van der Waals surface area contributed by atoms with Crippen LogP contribution in [0, 0.1) is 6.92 Å². The Kier molecular flexibility index (Phi) is 3.66. The first-order chi connectivity index (χ1) is 7.28. The number of sulfonamides is 1. The molecule has 0 saturated carbocycles. The smallest absolute Gasteiger partial charge is 0.246 e. The van der Waals surface area contributed by atoms with Crippen LogP contribution in [0.4, 0.5) is 0 Å². The summed E-state index contributed by atoms with van der Waals surface area (Å²) in [6, 6.07) is -0.533. The molecular weight excluding hydrogens is 248 g/mol. The largest absolute Gasteiger partial charge is 0.392 e. The summed E-state index contributed by atoms with van der Waals surface area (Å²) in [6.45, 7) is 3.27. The van der Waals surface area contributed by atoms with Crippen molar-refractivity contribution in [3.8, 4) is 0 Å². The van der Waals surface area contributed by atoms with Gasteiger partial charge in [-0.1, -0.05) is 12.2 Å². The Morgan fingerprint density at radius 3 is 2.62 bits per heavy atom. The number of thiocarbonyl (C=S) groups is 1. The molecule has 90 valence electrons. The number of aromatic amines is 1. The first kappa shape index (κ1) is 13.1. The van der Waals surface area contributed by atoms with Crippen LogP contribution in [0.25, 0.3) is 0 Å². The summed E-state index contributed by atoms with van der Waals surface area (Å²) in [5.74, 6) is 0. The highest BCUT2D eigenvalue weighted by Gasteiger charge is 2.28. The van der Waals surface area contributed by atoms with Crippen molar-refractivity contribution in [2.24, 2.45) is 5.73 Å². The molecule has 0 aromatic carbocycles. The average molecular weight is 262 g/mol. The Hall–Kier alpha value is -0.990.